The third kappa shape index (κ3) is 3.06. The zero-order valence-electron chi connectivity index (χ0n) is 10.5. The van der Waals surface area contributed by atoms with Gasteiger partial charge in [0.15, 0.2) is 0 Å². The van der Waals surface area contributed by atoms with Crippen molar-refractivity contribution >= 4 is 0 Å². The van der Waals surface area contributed by atoms with Gasteiger partial charge in [0.05, 0.1) is 0 Å². The summed E-state index contributed by atoms with van der Waals surface area (Å²) in [5, 5.41) is 12.3. The minimum absolute atomic E-state index is 0.0843. The van der Waals surface area contributed by atoms with E-state index in [0.717, 1.165) is 12.8 Å². The molecule has 0 bridgehead atoms. The number of halogens is 2. The molecule has 0 saturated heterocycles. The van der Waals surface area contributed by atoms with Crippen LogP contribution in [0.25, 0.3) is 0 Å². The molecule has 2 atom stereocenters. The topological polar surface area (TPSA) is 32.3 Å². The van der Waals surface area contributed by atoms with Gasteiger partial charge in [-0.1, -0.05) is 6.07 Å². The van der Waals surface area contributed by atoms with Crippen LogP contribution in [0.5, 0.6) is 0 Å². The number of rotatable bonds is 6. The molecule has 2 unspecified atom stereocenters. The van der Waals surface area contributed by atoms with E-state index in [2.05, 4.69) is 5.32 Å². The number of hydrogen-bond acceptors (Lipinski definition) is 2. The van der Waals surface area contributed by atoms with E-state index in [1.807, 2.05) is 0 Å². The molecule has 4 heteroatoms. The number of aliphatic hydroxyl groups excluding tert-OH is 1. The number of hydrogen-bond donors (Lipinski definition) is 2. The third-order valence-electron chi connectivity index (χ3n) is 3.53. The van der Waals surface area contributed by atoms with Gasteiger partial charge in [0.2, 0.25) is 0 Å². The van der Waals surface area contributed by atoms with Crippen LogP contribution in [0.15, 0.2) is 18.2 Å². The number of benzene rings is 1. The van der Waals surface area contributed by atoms with E-state index in [4.69, 9.17) is 5.11 Å². The summed E-state index contributed by atoms with van der Waals surface area (Å²) in [6.45, 7) is 1.86. The van der Waals surface area contributed by atoms with Gasteiger partial charge in [-0.15, -0.1) is 0 Å². The van der Waals surface area contributed by atoms with Crippen LogP contribution in [0.2, 0.25) is 0 Å². The van der Waals surface area contributed by atoms with Crippen molar-refractivity contribution in [2.75, 3.05) is 6.61 Å². The fourth-order valence-electron chi connectivity index (χ4n) is 2.42. The van der Waals surface area contributed by atoms with E-state index in [1.54, 1.807) is 6.92 Å². The largest absolute Gasteiger partial charge is 0.396 e. The Kier molecular flexibility index (Phi) is 4.30. The van der Waals surface area contributed by atoms with E-state index in [9.17, 15) is 8.78 Å². The predicted molar refractivity (Wildman–Crippen MR) is 66.1 cm³/mol. The fraction of sp³-hybridized carbons (Fsp3) is 0.571. The Labute approximate surface area is 106 Å². The Balaban J connectivity index is 2.08. The molecule has 1 aromatic carbocycles. The van der Waals surface area contributed by atoms with Crippen molar-refractivity contribution in [1.29, 1.82) is 0 Å². The summed E-state index contributed by atoms with van der Waals surface area (Å²) in [5.41, 5.74) is 0.0843. The Hall–Kier alpha value is -1.00. The highest BCUT2D eigenvalue weighted by Gasteiger charge is 2.32. The molecule has 1 fully saturated rings. The average molecular weight is 255 g/mol. The SMILES string of the molecule is CC(NC(CCO)C1CC1)c1c(F)cccc1F. The molecule has 100 valence electrons. The van der Waals surface area contributed by atoms with Crippen molar-refractivity contribution in [2.24, 2.45) is 5.92 Å². The molecule has 0 radical (unpaired) electrons. The summed E-state index contributed by atoms with van der Waals surface area (Å²) >= 11 is 0. The first-order valence-corrected chi connectivity index (χ1v) is 6.44. The second-order valence-electron chi connectivity index (χ2n) is 4.98. The maximum atomic E-state index is 13.6. The molecule has 18 heavy (non-hydrogen) atoms. The molecule has 2 nitrogen and oxygen atoms in total. The smallest absolute Gasteiger partial charge is 0.130 e. The third-order valence-corrected chi connectivity index (χ3v) is 3.53. The van der Waals surface area contributed by atoms with Gasteiger partial charge in [0.25, 0.3) is 0 Å². The van der Waals surface area contributed by atoms with Gasteiger partial charge >= 0.3 is 0 Å². The first-order valence-electron chi connectivity index (χ1n) is 6.44. The van der Waals surface area contributed by atoms with Crippen molar-refractivity contribution in [2.45, 2.75) is 38.3 Å². The van der Waals surface area contributed by atoms with Crippen molar-refractivity contribution < 1.29 is 13.9 Å². The molecular weight excluding hydrogens is 236 g/mol. The van der Waals surface area contributed by atoms with Crippen LogP contribution < -0.4 is 5.32 Å². The van der Waals surface area contributed by atoms with Crippen LogP contribution in [0, 0.1) is 17.6 Å². The van der Waals surface area contributed by atoms with Gasteiger partial charge in [0, 0.05) is 24.3 Å². The number of nitrogens with one attached hydrogen (secondary N) is 1. The van der Waals surface area contributed by atoms with Crippen LogP contribution in [0.3, 0.4) is 0 Å². The zero-order chi connectivity index (χ0) is 13.1. The summed E-state index contributed by atoms with van der Waals surface area (Å²) < 4.78 is 27.2. The zero-order valence-corrected chi connectivity index (χ0v) is 10.5. The molecule has 0 aromatic heterocycles. The minimum Gasteiger partial charge on any atom is -0.396 e. The highest BCUT2D eigenvalue weighted by Crippen LogP contribution is 2.35. The maximum absolute atomic E-state index is 13.6. The molecule has 1 aliphatic carbocycles. The van der Waals surface area contributed by atoms with E-state index in [-0.39, 0.29) is 24.3 Å². The Bertz CT molecular complexity index is 387. The normalized spacial score (nSPS) is 18.7. The van der Waals surface area contributed by atoms with Gasteiger partial charge in [-0.2, -0.15) is 0 Å². The van der Waals surface area contributed by atoms with E-state index in [0.29, 0.717) is 12.3 Å². The van der Waals surface area contributed by atoms with Gasteiger partial charge < -0.3 is 10.4 Å². The first-order chi connectivity index (χ1) is 8.63. The second-order valence-corrected chi connectivity index (χ2v) is 4.98. The summed E-state index contributed by atoms with van der Waals surface area (Å²) in [7, 11) is 0. The van der Waals surface area contributed by atoms with Crippen molar-refractivity contribution in [1.82, 2.24) is 5.32 Å². The fourth-order valence-corrected chi connectivity index (χ4v) is 2.42. The summed E-state index contributed by atoms with van der Waals surface area (Å²) in [6, 6.07) is 3.67. The van der Waals surface area contributed by atoms with Gasteiger partial charge in [0.1, 0.15) is 11.6 Å². The molecular formula is C14H19F2NO. The summed E-state index contributed by atoms with van der Waals surface area (Å²) in [4.78, 5) is 0. The van der Waals surface area contributed by atoms with Crippen LogP contribution in [0.1, 0.15) is 37.8 Å². The lowest BCUT2D eigenvalue weighted by Gasteiger charge is -2.23. The van der Waals surface area contributed by atoms with Crippen LogP contribution in [-0.2, 0) is 0 Å². The summed E-state index contributed by atoms with van der Waals surface area (Å²) in [6.07, 6.45) is 2.89. The van der Waals surface area contributed by atoms with Gasteiger partial charge in [-0.25, -0.2) is 8.78 Å². The molecule has 1 saturated carbocycles. The highest BCUT2D eigenvalue weighted by atomic mass is 19.1. The number of aliphatic hydroxyl groups is 1. The molecule has 0 amide bonds. The van der Waals surface area contributed by atoms with E-state index >= 15 is 0 Å². The van der Waals surface area contributed by atoms with Crippen molar-refractivity contribution in [3.63, 3.8) is 0 Å². The van der Waals surface area contributed by atoms with Crippen LogP contribution in [0.4, 0.5) is 8.78 Å². The van der Waals surface area contributed by atoms with Gasteiger partial charge in [-0.05, 0) is 44.2 Å². The van der Waals surface area contributed by atoms with Crippen molar-refractivity contribution in [3.8, 4) is 0 Å². The molecule has 0 heterocycles. The molecule has 1 aromatic rings. The summed E-state index contributed by atoms with van der Waals surface area (Å²) in [5.74, 6) is -0.503. The van der Waals surface area contributed by atoms with Crippen LogP contribution >= 0.6 is 0 Å². The lowest BCUT2D eigenvalue weighted by atomic mass is 10.0. The molecule has 1 aliphatic rings. The molecule has 0 spiro atoms. The highest BCUT2D eigenvalue weighted by molar-refractivity contribution is 5.23. The quantitative estimate of drug-likeness (QED) is 0.819. The second kappa shape index (κ2) is 5.76. The first kappa shape index (κ1) is 13.4. The van der Waals surface area contributed by atoms with Gasteiger partial charge in [-0.3, -0.25) is 0 Å². The maximum Gasteiger partial charge on any atom is 0.130 e. The standard InChI is InChI=1S/C14H19F2NO/c1-9(14-11(15)3-2-4-12(14)16)17-13(7-8-18)10-5-6-10/h2-4,9-10,13,17-18H,5-8H2,1H3. The molecule has 2 N–H and O–H groups in total. The molecule has 2 rings (SSSR count). The average Bonchev–Trinajstić information content (AvgIpc) is 3.12. The predicted octanol–water partition coefficient (Wildman–Crippen LogP) is 2.78. The Morgan fingerprint density at radius 2 is 1.94 bits per heavy atom. The Morgan fingerprint density at radius 1 is 1.33 bits per heavy atom. The Morgan fingerprint density at radius 3 is 2.44 bits per heavy atom. The lowest BCUT2D eigenvalue weighted by Crippen LogP contribution is -2.35. The van der Waals surface area contributed by atoms with E-state index < -0.39 is 11.6 Å². The lowest BCUT2D eigenvalue weighted by molar-refractivity contribution is 0.249. The minimum atomic E-state index is -0.520. The van der Waals surface area contributed by atoms with Crippen LogP contribution in [-0.4, -0.2) is 17.8 Å². The monoisotopic (exact) mass is 255 g/mol. The molecule has 0 aliphatic heterocycles. The van der Waals surface area contributed by atoms with Crippen molar-refractivity contribution in [3.05, 3.63) is 35.4 Å². The van der Waals surface area contributed by atoms with E-state index in [1.165, 1.54) is 18.2 Å².